The molecule has 0 aromatic carbocycles. The van der Waals surface area contributed by atoms with Crippen LogP contribution in [-0.4, -0.2) is 101 Å². The molecule has 4 saturated heterocycles. The van der Waals surface area contributed by atoms with Crippen molar-refractivity contribution in [3.8, 4) is 0 Å². The van der Waals surface area contributed by atoms with E-state index < -0.39 is 20.2 Å². The molecule has 12 heteroatoms. The van der Waals surface area contributed by atoms with E-state index in [9.17, 15) is 9.59 Å². The number of rotatable bonds is 6. The second kappa shape index (κ2) is 11.4. The summed E-state index contributed by atoms with van der Waals surface area (Å²) in [6, 6.07) is 0.696. The molecule has 11 nitrogen and oxygen atoms in total. The van der Waals surface area contributed by atoms with Gasteiger partial charge in [0, 0.05) is 28.0 Å². The first-order valence-corrected chi connectivity index (χ1v) is 16.6. The van der Waals surface area contributed by atoms with Crippen LogP contribution in [0.25, 0.3) is 0 Å². The predicted octanol–water partition coefficient (Wildman–Crippen LogP) is 1.25. The Hall–Kier alpha value is -1.28. The molecule has 4 aliphatic rings. The zero-order valence-corrected chi connectivity index (χ0v) is 22.7. The van der Waals surface area contributed by atoms with Crippen molar-refractivity contribution in [2.75, 3.05) is 33.7 Å². The van der Waals surface area contributed by atoms with E-state index in [1.807, 2.05) is 11.8 Å². The molecule has 200 valence electrons. The molecule has 2 bridgehead atoms. The van der Waals surface area contributed by atoms with Gasteiger partial charge < -0.3 is 18.9 Å². The molecule has 35 heavy (non-hydrogen) atoms. The molecule has 0 aromatic rings. The van der Waals surface area contributed by atoms with Crippen LogP contribution in [0.1, 0.15) is 32.6 Å². The highest BCUT2D eigenvalue weighted by Crippen LogP contribution is 2.34. The van der Waals surface area contributed by atoms with Gasteiger partial charge in [0.2, 0.25) is 0 Å². The van der Waals surface area contributed by atoms with E-state index in [-0.39, 0.29) is 49.4 Å². The SMILES string of the molecule is COC(=O)C1CCC2NC1OC(C)CCCOC1NCNC3C1N2C(=O)N3COCC[Si](C)(C)C. The van der Waals surface area contributed by atoms with Gasteiger partial charge in [0.15, 0.2) is 0 Å². The summed E-state index contributed by atoms with van der Waals surface area (Å²) in [6.07, 6.45) is 1.41. The van der Waals surface area contributed by atoms with Gasteiger partial charge in [0.05, 0.1) is 25.3 Å². The van der Waals surface area contributed by atoms with Crippen LogP contribution in [0.4, 0.5) is 4.79 Å². The smallest absolute Gasteiger partial charge is 0.324 e. The number of ether oxygens (including phenoxy) is 4. The quantitative estimate of drug-likeness (QED) is 0.274. The molecule has 4 heterocycles. The molecule has 0 aromatic heterocycles. The average Bonchev–Trinajstić information content (AvgIpc) is 3.09. The minimum atomic E-state index is -1.23. The second-order valence-corrected chi connectivity index (χ2v) is 16.8. The van der Waals surface area contributed by atoms with Gasteiger partial charge in [-0.15, -0.1) is 0 Å². The number of methoxy groups -OCH3 is 1. The van der Waals surface area contributed by atoms with Crippen LogP contribution in [-0.2, 0) is 23.7 Å². The lowest BCUT2D eigenvalue weighted by atomic mass is 9.94. The number of nitrogens with one attached hydrogen (secondary N) is 3. The Morgan fingerprint density at radius 1 is 1.17 bits per heavy atom. The summed E-state index contributed by atoms with van der Waals surface area (Å²) >= 11 is 0. The standard InChI is InChI=1S/C23H43N5O6Si/c1-15-7-6-10-33-21-18-19(24-13-25-21)27(14-32-11-12-35(3,4)5)23(30)28(18)17-9-8-16(22(29)31-2)20(26-17)34-15/h15-21,24-26H,6-14H2,1-5H3. The first-order chi connectivity index (χ1) is 16.7. The second-order valence-electron chi connectivity index (χ2n) is 11.2. The van der Waals surface area contributed by atoms with Crippen LogP contribution in [0.2, 0.25) is 25.7 Å². The van der Waals surface area contributed by atoms with Gasteiger partial charge in [-0.25, -0.2) is 4.79 Å². The summed E-state index contributed by atoms with van der Waals surface area (Å²) in [5, 5.41) is 10.3. The highest BCUT2D eigenvalue weighted by atomic mass is 28.3. The molecule has 0 saturated carbocycles. The van der Waals surface area contributed by atoms with E-state index in [2.05, 4.69) is 35.6 Å². The van der Waals surface area contributed by atoms with E-state index in [1.54, 1.807) is 4.90 Å². The van der Waals surface area contributed by atoms with Crippen LogP contribution < -0.4 is 16.0 Å². The number of esters is 1. The first kappa shape index (κ1) is 26.8. The predicted molar refractivity (Wildman–Crippen MR) is 132 cm³/mol. The number of hydrogen-bond acceptors (Lipinski definition) is 9. The summed E-state index contributed by atoms with van der Waals surface area (Å²) in [7, 11) is 0.177. The van der Waals surface area contributed by atoms with E-state index in [1.165, 1.54) is 7.11 Å². The number of urea groups is 1. The molecule has 4 fully saturated rings. The Balaban J connectivity index is 1.56. The lowest BCUT2D eigenvalue weighted by molar-refractivity contribution is -0.163. The van der Waals surface area contributed by atoms with Crippen LogP contribution in [0.5, 0.6) is 0 Å². The molecule has 2 amide bonds. The van der Waals surface area contributed by atoms with Gasteiger partial charge in [-0.05, 0) is 38.7 Å². The minimum Gasteiger partial charge on any atom is -0.469 e. The van der Waals surface area contributed by atoms with Crippen molar-refractivity contribution in [1.29, 1.82) is 0 Å². The third-order valence-corrected chi connectivity index (χ3v) is 9.05. The third-order valence-electron chi connectivity index (χ3n) is 7.34. The number of amides is 2. The van der Waals surface area contributed by atoms with Gasteiger partial charge in [-0.3, -0.25) is 30.5 Å². The summed E-state index contributed by atoms with van der Waals surface area (Å²) in [6.45, 7) is 10.9. The van der Waals surface area contributed by atoms with Crippen LogP contribution in [0, 0.1) is 5.92 Å². The summed E-state index contributed by atoms with van der Waals surface area (Å²) < 4.78 is 23.6. The Morgan fingerprint density at radius 3 is 2.71 bits per heavy atom. The maximum atomic E-state index is 13.8. The highest BCUT2D eigenvalue weighted by Gasteiger charge is 2.55. The van der Waals surface area contributed by atoms with Gasteiger partial charge in [0.1, 0.15) is 31.4 Å². The molecule has 0 radical (unpaired) electrons. The van der Waals surface area contributed by atoms with Crippen LogP contribution >= 0.6 is 0 Å². The van der Waals surface area contributed by atoms with Crippen molar-refractivity contribution >= 4 is 20.1 Å². The monoisotopic (exact) mass is 513 g/mol. The maximum Gasteiger partial charge on any atom is 0.324 e. The van der Waals surface area contributed by atoms with Crippen molar-refractivity contribution < 1.29 is 28.5 Å². The highest BCUT2D eigenvalue weighted by molar-refractivity contribution is 6.76. The molecule has 0 aliphatic carbocycles. The molecule has 7 unspecified atom stereocenters. The summed E-state index contributed by atoms with van der Waals surface area (Å²) in [4.78, 5) is 29.9. The van der Waals surface area contributed by atoms with Gasteiger partial charge >= 0.3 is 12.0 Å². The number of hydrogen-bond donors (Lipinski definition) is 3. The van der Waals surface area contributed by atoms with E-state index in [0.717, 1.165) is 18.9 Å². The molecule has 4 rings (SSSR count). The third kappa shape index (κ3) is 6.17. The fourth-order valence-electron chi connectivity index (χ4n) is 5.36. The molecule has 7 atom stereocenters. The number of carbonyl (C=O) groups excluding carboxylic acids is 2. The van der Waals surface area contributed by atoms with Gasteiger partial charge in [-0.2, -0.15) is 0 Å². The average molecular weight is 514 g/mol. The first-order valence-electron chi connectivity index (χ1n) is 12.9. The van der Waals surface area contributed by atoms with Gasteiger partial charge in [-0.1, -0.05) is 19.6 Å². The fraction of sp³-hybridized carbons (Fsp3) is 0.913. The van der Waals surface area contributed by atoms with Crippen molar-refractivity contribution in [2.45, 2.75) is 95.2 Å². The van der Waals surface area contributed by atoms with Crippen LogP contribution in [0.3, 0.4) is 0 Å². The zero-order valence-electron chi connectivity index (χ0n) is 21.7. The molecular formula is C23H43N5O6Si. The Kier molecular flexibility index (Phi) is 8.72. The fourth-order valence-corrected chi connectivity index (χ4v) is 6.11. The van der Waals surface area contributed by atoms with E-state index in [0.29, 0.717) is 32.7 Å². The number of carbonyl (C=O) groups is 2. The van der Waals surface area contributed by atoms with E-state index >= 15 is 0 Å². The molecule has 3 N–H and O–H groups in total. The Labute approximate surface area is 209 Å². The maximum absolute atomic E-state index is 13.8. The van der Waals surface area contributed by atoms with Crippen molar-refractivity contribution in [2.24, 2.45) is 5.92 Å². The summed E-state index contributed by atoms with van der Waals surface area (Å²) in [5.74, 6) is -0.698. The van der Waals surface area contributed by atoms with Crippen molar-refractivity contribution in [3.05, 3.63) is 0 Å². The minimum absolute atomic E-state index is 0.0588. The van der Waals surface area contributed by atoms with Crippen molar-refractivity contribution in [3.63, 3.8) is 0 Å². The lowest BCUT2D eigenvalue weighted by Gasteiger charge is -2.45. The summed E-state index contributed by atoms with van der Waals surface area (Å²) in [5.41, 5.74) is 0. The van der Waals surface area contributed by atoms with Crippen LogP contribution in [0.15, 0.2) is 0 Å². The number of nitrogens with zero attached hydrogens (tertiary/aromatic N) is 2. The number of fused-ring (bicyclic) bond motifs is 3. The number of piperidine rings is 1. The lowest BCUT2D eigenvalue weighted by Crippen LogP contribution is -2.68. The Morgan fingerprint density at radius 2 is 1.97 bits per heavy atom. The van der Waals surface area contributed by atoms with Crippen molar-refractivity contribution in [1.82, 2.24) is 25.8 Å². The molecule has 4 aliphatic heterocycles. The van der Waals surface area contributed by atoms with E-state index in [4.69, 9.17) is 18.9 Å². The van der Waals surface area contributed by atoms with Gasteiger partial charge in [0.25, 0.3) is 0 Å². The molecular weight excluding hydrogens is 470 g/mol. The zero-order chi connectivity index (χ0) is 25.2. The normalized spacial score (nSPS) is 36.3. The topological polar surface area (TPSA) is 114 Å². The Bertz CT molecular complexity index is 754. The largest absolute Gasteiger partial charge is 0.469 e. The molecule has 0 spiro atoms.